The minimum Gasteiger partial charge on any atom is -0.381 e. The summed E-state index contributed by atoms with van der Waals surface area (Å²) < 4.78 is 10.3. The van der Waals surface area contributed by atoms with Gasteiger partial charge in [0.25, 0.3) is 0 Å². The Morgan fingerprint density at radius 1 is 1.67 bits per heavy atom. The molecular weight excluding hydrogens is 156 g/mol. The molecule has 1 fully saturated rings. The van der Waals surface area contributed by atoms with E-state index in [0.717, 1.165) is 13.0 Å². The van der Waals surface area contributed by atoms with Gasteiger partial charge in [-0.25, -0.2) is 0 Å². The summed E-state index contributed by atoms with van der Waals surface area (Å²) in [6, 6.07) is 0. The van der Waals surface area contributed by atoms with Crippen molar-refractivity contribution in [1.29, 1.82) is 0 Å². The van der Waals surface area contributed by atoms with E-state index in [1.165, 1.54) is 0 Å². The highest BCUT2D eigenvalue weighted by atomic mass is 16.5. The molecule has 0 aromatic rings. The monoisotopic (exact) mass is 172 g/mol. The average Bonchev–Trinajstić information content (AvgIpc) is 2.51. The van der Waals surface area contributed by atoms with Crippen molar-refractivity contribution in [2.24, 2.45) is 5.92 Å². The summed E-state index contributed by atoms with van der Waals surface area (Å²) >= 11 is 0. The van der Waals surface area contributed by atoms with Crippen molar-refractivity contribution in [1.82, 2.24) is 0 Å². The Hall–Kier alpha value is -0.410. The van der Waals surface area contributed by atoms with E-state index < -0.39 is 0 Å². The summed E-state index contributed by atoms with van der Waals surface area (Å²) in [6.07, 6.45) is 0.997. The minimum absolute atomic E-state index is 0.0868. The molecule has 0 bridgehead atoms. The topological polar surface area (TPSA) is 35.5 Å². The second-order valence-corrected chi connectivity index (χ2v) is 3.39. The number of Topliss-reactive ketones (excluding diaryl/α,β-unsaturated/α-hetero) is 1. The molecule has 0 radical (unpaired) electrons. The summed E-state index contributed by atoms with van der Waals surface area (Å²) in [7, 11) is 0. The van der Waals surface area contributed by atoms with Crippen molar-refractivity contribution in [3.05, 3.63) is 0 Å². The lowest BCUT2D eigenvalue weighted by molar-refractivity contribution is -0.128. The maximum atomic E-state index is 11.3. The second kappa shape index (κ2) is 4.58. The predicted molar refractivity (Wildman–Crippen MR) is 45.0 cm³/mol. The molecule has 0 spiro atoms. The van der Waals surface area contributed by atoms with Gasteiger partial charge < -0.3 is 9.47 Å². The summed E-state index contributed by atoms with van der Waals surface area (Å²) in [4.78, 5) is 11.3. The van der Waals surface area contributed by atoms with Crippen LogP contribution in [0.1, 0.15) is 20.3 Å². The number of carbonyl (C=O) groups is 1. The Kier molecular flexibility index (Phi) is 3.69. The standard InChI is InChI=1S/C9H16O3/c1-7(2)12-6-9(10)8-3-4-11-5-8/h7-8H,3-6H2,1-2H3. The van der Waals surface area contributed by atoms with E-state index in [1.54, 1.807) is 0 Å². The molecule has 1 aliphatic heterocycles. The van der Waals surface area contributed by atoms with Gasteiger partial charge in [0.15, 0.2) is 5.78 Å². The summed E-state index contributed by atoms with van der Waals surface area (Å²) in [5, 5.41) is 0. The molecule has 0 N–H and O–H groups in total. The van der Waals surface area contributed by atoms with Gasteiger partial charge in [-0.05, 0) is 20.3 Å². The fraction of sp³-hybridized carbons (Fsp3) is 0.889. The van der Waals surface area contributed by atoms with Crippen LogP contribution in [0.5, 0.6) is 0 Å². The minimum atomic E-state index is 0.0868. The van der Waals surface area contributed by atoms with Crippen LogP contribution in [0.2, 0.25) is 0 Å². The van der Waals surface area contributed by atoms with E-state index in [0.29, 0.717) is 6.61 Å². The third-order valence-electron chi connectivity index (χ3n) is 1.94. The quantitative estimate of drug-likeness (QED) is 0.635. The fourth-order valence-electron chi connectivity index (χ4n) is 1.16. The van der Waals surface area contributed by atoms with Gasteiger partial charge in [-0.1, -0.05) is 0 Å². The molecule has 1 aliphatic rings. The molecule has 1 heterocycles. The lowest BCUT2D eigenvalue weighted by Crippen LogP contribution is -2.21. The van der Waals surface area contributed by atoms with Crippen molar-refractivity contribution < 1.29 is 14.3 Å². The van der Waals surface area contributed by atoms with Crippen LogP contribution in [0.4, 0.5) is 0 Å². The largest absolute Gasteiger partial charge is 0.381 e. The van der Waals surface area contributed by atoms with Crippen molar-refractivity contribution in [3.63, 3.8) is 0 Å². The van der Waals surface area contributed by atoms with Crippen LogP contribution < -0.4 is 0 Å². The Balaban J connectivity index is 2.18. The van der Waals surface area contributed by atoms with Gasteiger partial charge in [-0.15, -0.1) is 0 Å². The fourth-order valence-corrected chi connectivity index (χ4v) is 1.16. The first-order valence-electron chi connectivity index (χ1n) is 4.42. The van der Waals surface area contributed by atoms with E-state index in [1.807, 2.05) is 13.8 Å². The van der Waals surface area contributed by atoms with Crippen LogP contribution in [-0.2, 0) is 14.3 Å². The highest BCUT2D eigenvalue weighted by Crippen LogP contribution is 2.13. The van der Waals surface area contributed by atoms with Gasteiger partial charge >= 0.3 is 0 Å². The van der Waals surface area contributed by atoms with E-state index in [4.69, 9.17) is 9.47 Å². The van der Waals surface area contributed by atoms with Crippen LogP contribution in [0.15, 0.2) is 0 Å². The Labute approximate surface area is 73.0 Å². The molecule has 0 amide bonds. The normalized spacial score (nSPS) is 23.4. The molecule has 0 aliphatic carbocycles. The number of rotatable bonds is 4. The predicted octanol–water partition coefficient (Wildman–Crippen LogP) is 1.02. The molecule has 0 saturated carbocycles. The Bertz CT molecular complexity index is 148. The second-order valence-electron chi connectivity index (χ2n) is 3.39. The first kappa shape index (κ1) is 9.68. The third kappa shape index (κ3) is 2.91. The van der Waals surface area contributed by atoms with E-state index >= 15 is 0 Å². The zero-order chi connectivity index (χ0) is 8.97. The van der Waals surface area contributed by atoms with Gasteiger partial charge in [0.1, 0.15) is 6.61 Å². The first-order chi connectivity index (χ1) is 5.70. The molecule has 0 aromatic carbocycles. The maximum absolute atomic E-state index is 11.3. The average molecular weight is 172 g/mol. The van der Waals surface area contributed by atoms with Crippen molar-refractivity contribution in [3.8, 4) is 0 Å². The third-order valence-corrected chi connectivity index (χ3v) is 1.94. The lowest BCUT2D eigenvalue weighted by Gasteiger charge is -2.09. The van der Waals surface area contributed by atoms with Gasteiger partial charge in [0, 0.05) is 12.5 Å². The van der Waals surface area contributed by atoms with E-state index in [2.05, 4.69) is 0 Å². The summed E-state index contributed by atoms with van der Waals surface area (Å²) in [5.74, 6) is 0.268. The molecule has 1 atom stereocenters. The number of ether oxygens (including phenoxy) is 2. The van der Waals surface area contributed by atoms with Crippen molar-refractivity contribution in [2.75, 3.05) is 19.8 Å². The van der Waals surface area contributed by atoms with Gasteiger partial charge in [0.05, 0.1) is 12.7 Å². The van der Waals surface area contributed by atoms with Crippen LogP contribution in [-0.4, -0.2) is 31.7 Å². The van der Waals surface area contributed by atoms with Crippen LogP contribution in [0.3, 0.4) is 0 Å². The Morgan fingerprint density at radius 3 is 2.92 bits per heavy atom. The van der Waals surface area contributed by atoms with Gasteiger partial charge in [-0.3, -0.25) is 4.79 Å². The number of hydrogen-bond donors (Lipinski definition) is 0. The van der Waals surface area contributed by atoms with E-state index in [9.17, 15) is 4.79 Å². The molecule has 1 rings (SSSR count). The molecule has 3 heteroatoms. The van der Waals surface area contributed by atoms with Crippen molar-refractivity contribution in [2.45, 2.75) is 26.4 Å². The molecule has 1 saturated heterocycles. The molecule has 70 valence electrons. The summed E-state index contributed by atoms with van der Waals surface area (Å²) in [6.45, 7) is 5.40. The molecular formula is C9H16O3. The molecule has 3 nitrogen and oxygen atoms in total. The SMILES string of the molecule is CC(C)OCC(=O)C1CCOC1. The highest BCUT2D eigenvalue weighted by molar-refractivity contribution is 5.82. The van der Waals surface area contributed by atoms with Crippen LogP contribution >= 0.6 is 0 Å². The zero-order valence-corrected chi connectivity index (χ0v) is 7.71. The molecule has 12 heavy (non-hydrogen) atoms. The highest BCUT2D eigenvalue weighted by Gasteiger charge is 2.23. The number of ketones is 1. The number of hydrogen-bond acceptors (Lipinski definition) is 3. The van der Waals surface area contributed by atoms with Crippen LogP contribution in [0.25, 0.3) is 0 Å². The zero-order valence-electron chi connectivity index (χ0n) is 7.71. The van der Waals surface area contributed by atoms with Crippen LogP contribution in [0, 0.1) is 5.92 Å². The first-order valence-corrected chi connectivity index (χ1v) is 4.42. The van der Waals surface area contributed by atoms with Gasteiger partial charge in [0.2, 0.25) is 0 Å². The maximum Gasteiger partial charge on any atom is 0.163 e. The lowest BCUT2D eigenvalue weighted by atomic mass is 10.0. The smallest absolute Gasteiger partial charge is 0.163 e. The van der Waals surface area contributed by atoms with E-state index in [-0.39, 0.29) is 24.4 Å². The molecule has 1 unspecified atom stereocenters. The van der Waals surface area contributed by atoms with Gasteiger partial charge in [-0.2, -0.15) is 0 Å². The summed E-state index contributed by atoms with van der Waals surface area (Å²) in [5.41, 5.74) is 0. The molecule has 0 aromatic heterocycles. The Morgan fingerprint density at radius 2 is 2.42 bits per heavy atom. The number of carbonyl (C=O) groups excluding carboxylic acids is 1. The van der Waals surface area contributed by atoms with Crippen molar-refractivity contribution >= 4 is 5.78 Å².